The first-order valence-corrected chi connectivity index (χ1v) is 30.3. The molecule has 22 nitrogen and oxygen atoms in total. The molecule has 10 amide bonds. The van der Waals surface area contributed by atoms with Gasteiger partial charge in [-0.25, -0.2) is 0 Å². The van der Waals surface area contributed by atoms with Crippen LogP contribution in [0.2, 0.25) is 0 Å². The van der Waals surface area contributed by atoms with Gasteiger partial charge >= 0.3 is 0 Å². The first-order valence-electron chi connectivity index (χ1n) is 30.3. The number of carbonyl (C=O) groups is 10. The predicted molar refractivity (Wildman–Crippen MR) is 328 cm³/mol. The van der Waals surface area contributed by atoms with Gasteiger partial charge in [-0.2, -0.15) is 0 Å². The van der Waals surface area contributed by atoms with E-state index in [4.69, 9.17) is 0 Å². The Morgan fingerprint density at radius 2 is 1.06 bits per heavy atom. The third kappa shape index (κ3) is 21.0. The van der Waals surface area contributed by atoms with E-state index in [1.54, 1.807) is 73.5 Å². The molecule has 84 heavy (non-hydrogen) atoms. The molecule has 1 aliphatic heterocycles. The lowest BCUT2D eigenvalue weighted by molar-refractivity contribution is -0.155. The van der Waals surface area contributed by atoms with Gasteiger partial charge < -0.3 is 55.8 Å². The third-order valence-corrected chi connectivity index (χ3v) is 16.4. The van der Waals surface area contributed by atoms with E-state index in [1.807, 2.05) is 73.4 Å². The van der Waals surface area contributed by atoms with E-state index in [-0.39, 0.29) is 37.0 Å². The van der Waals surface area contributed by atoms with E-state index in [0.29, 0.717) is 19.3 Å². The minimum absolute atomic E-state index is 0.0122. The van der Waals surface area contributed by atoms with Gasteiger partial charge in [0.25, 0.3) is 0 Å². The van der Waals surface area contributed by atoms with Crippen LogP contribution in [-0.2, 0) is 47.9 Å². The number of amides is 10. The summed E-state index contributed by atoms with van der Waals surface area (Å²) in [4.78, 5) is 155. The number of nitrogens with zero attached hydrogens (tertiary/aromatic N) is 7. The maximum atomic E-state index is 15.2. The summed E-state index contributed by atoms with van der Waals surface area (Å²) >= 11 is 0. The predicted octanol–water partition coefficient (Wildman–Crippen LogP) is 3.66. The number of rotatable bonds is 15. The van der Waals surface area contributed by atoms with Crippen molar-refractivity contribution < 1.29 is 53.1 Å². The van der Waals surface area contributed by atoms with Crippen LogP contribution in [-0.4, -0.2) is 227 Å². The number of hydrogen-bond acceptors (Lipinski definition) is 12. The van der Waals surface area contributed by atoms with Crippen molar-refractivity contribution in [1.82, 2.24) is 55.6 Å². The summed E-state index contributed by atoms with van der Waals surface area (Å²) in [6, 6.07) is -11.5. The smallest absolute Gasteiger partial charge is 0.246 e. The van der Waals surface area contributed by atoms with Gasteiger partial charge in [-0.15, -0.1) is 6.58 Å². The Morgan fingerprint density at radius 1 is 0.548 bits per heavy atom. The van der Waals surface area contributed by atoms with Crippen LogP contribution >= 0.6 is 0 Å². The summed E-state index contributed by atoms with van der Waals surface area (Å²) in [5.74, 6) is -7.91. The fourth-order valence-electron chi connectivity index (χ4n) is 10.9. The van der Waals surface area contributed by atoms with Gasteiger partial charge in [0.2, 0.25) is 59.1 Å². The SMILES string of the molecule is C=CC[C@H]1C(=O)N[C@@H](C)C(=O)N[C@H](C)C(=O)N(C)[C@@H](CC(C)C)C(C)N(C)[C@@H](CC(C)C)C(=O)N(C)[C@@H](C(C)C)C(=O)N(C)[C@@H]([C@H](O)[C@H](C)C/C=C/C)C(=O)N[C@@H](CC)C(=O)N(C)CC(=O)N(C)[C@@H](CC(C)C)C(=O)N[C@@H](C(C)C)C(=O)N1C. The summed E-state index contributed by atoms with van der Waals surface area (Å²) in [5, 5.41) is 23.2. The first kappa shape index (κ1) is 76.1. The van der Waals surface area contributed by atoms with E-state index in [9.17, 15) is 43.5 Å². The van der Waals surface area contributed by atoms with Crippen molar-refractivity contribution in [3.05, 3.63) is 24.8 Å². The zero-order valence-corrected chi connectivity index (χ0v) is 55.4. The Morgan fingerprint density at radius 3 is 1.55 bits per heavy atom. The third-order valence-electron chi connectivity index (χ3n) is 16.4. The van der Waals surface area contributed by atoms with E-state index in [2.05, 4.69) is 27.8 Å². The lowest BCUT2D eigenvalue weighted by Gasteiger charge is -2.44. The Balaban J connectivity index is 4.29. The molecule has 1 fully saturated rings. The minimum Gasteiger partial charge on any atom is -0.390 e. The number of aliphatic hydroxyl groups excluding tert-OH is 1. The molecule has 0 aliphatic carbocycles. The lowest BCUT2D eigenvalue weighted by atomic mass is 9.91. The molecule has 0 aromatic heterocycles. The highest BCUT2D eigenvalue weighted by atomic mass is 16.3. The summed E-state index contributed by atoms with van der Waals surface area (Å²) in [7, 11) is 10.6. The highest BCUT2D eigenvalue weighted by Crippen LogP contribution is 2.27. The van der Waals surface area contributed by atoms with Crippen LogP contribution in [0, 0.1) is 35.5 Å². The maximum Gasteiger partial charge on any atom is 0.246 e. The van der Waals surface area contributed by atoms with Crippen LogP contribution in [0.3, 0.4) is 0 Å². The second-order valence-electron chi connectivity index (χ2n) is 25.5. The van der Waals surface area contributed by atoms with Gasteiger partial charge in [0.05, 0.1) is 18.7 Å². The highest BCUT2D eigenvalue weighted by molar-refractivity contribution is 5.98. The topological polar surface area (TPSA) is 262 Å². The van der Waals surface area contributed by atoms with Gasteiger partial charge in [0, 0.05) is 54.4 Å². The molecule has 22 heteroatoms. The minimum atomic E-state index is -1.56. The fourth-order valence-corrected chi connectivity index (χ4v) is 10.9. The molecule has 1 aliphatic rings. The molecular weight excluding hydrogens is 1070 g/mol. The molecule has 0 spiro atoms. The van der Waals surface area contributed by atoms with Crippen molar-refractivity contribution in [2.75, 3.05) is 55.9 Å². The fraction of sp³-hybridized carbons (Fsp3) is 0.774. The Kier molecular flexibility index (Phi) is 31.6. The Hall–Kier alpha value is -5.90. The van der Waals surface area contributed by atoms with Crippen molar-refractivity contribution in [2.45, 2.75) is 222 Å². The average molecular weight is 1190 g/mol. The van der Waals surface area contributed by atoms with Crippen LogP contribution in [0.4, 0.5) is 0 Å². The Labute approximate surface area is 504 Å². The normalized spacial score (nSPS) is 28.0. The second-order valence-corrected chi connectivity index (χ2v) is 25.5. The quantitative estimate of drug-likeness (QED) is 0.147. The summed E-state index contributed by atoms with van der Waals surface area (Å²) in [6.07, 6.45) is 5.01. The van der Waals surface area contributed by atoms with Crippen molar-refractivity contribution in [1.29, 1.82) is 0 Å². The molecule has 0 saturated carbocycles. The van der Waals surface area contributed by atoms with Crippen LogP contribution in [0.5, 0.6) is 0 Å². The van der Waals surface area contributed by atoms with Crippen LogP contribution in [0.15, 0.2) is 24.8 Å². The number of hydrogen-bond donors (Lipinski definition) is 5. The van der Waals surface area contributed by atoms with E-state index in [1.165, 1.54) is 55.9 Å². The molecule has 13 atom stereocenters. The van der Waals surface area contributed by atoms with Crippen molar-refractivity contribution >= 4 is 59.1 Å². The van der Waals surface area contributed by atoms with E-state index in [0.717, 1.165) is 9.80 Å². The molecule has 0 radical (unpaired) electrons. The molecule has 0 aromatic carbocycles. The molecule has 0 aromatic rings. The number of nitrogens with one attached hydrogen (secondary N) is 4. The summed E-state index contributed by atoms with van der Waals surface area (Å²) < 4.78 is 0. The number of likely N-dealkylation sites (N-methyl/N-ethyl adjacent to an activating group) is 7. The maximum absolute atomic E-state index is 15.2. The number of allylic oxidation sites excluding steroid dienone is 2. The molecule has 0 bridgehead atoms. The molecule has 1 unspecified atom stereocenters. The first-order chi connectivity index (χ1) is 38.9. The molecule has 1 rings (SSSR count). The molecule has 1 heterocycles. The zero-order chi connectivity index (χ0) is 65.1. The van der Waals surface area contributed by atoms with Gasteiger partial charge in [-0.05, 0) is 109 Å². The summed E-state index contributed by atoms with van der Waals surface area (Å²) in [6.45, 7) is 32.1. The van der Waals surface area contributed by atoms with Crippen molar-refractivity contribution in [3.8, 4) is 0 Å². The van der Waals surface area contributed by atoms with Crippen molar-refractivity contribution in [2.24, 2.45) is 35.5 Å². The highest BCUT2D eigenvalue weighted by Gasteiger charge is 2.45. The molecule has 1 saturated heterocycles. The molecule has 480 valence electrons. The molecular formula is C62H111N11O11. The van der Waals surface area contributed by atoms with E-state index >= 15 is 9.59 Å². The van der Waals surface area contributed by atoms with Crippen LogP contribution in [0.25, 0.3) is 0 Å². The van der Waals surface area contributed by atoms with Gasteiger partial charge in [0.1, 0.15) is 48.3 Å². The second kappa shape index (κ2) is 34.9. The standard InChI is InChI=1S/C62H111N11O11/c1-25-28-30-40(14)53(75)52-57(79)65-44(27-3)59(81)67(18)34-49(74)69(20)47(32-36(6)7)56(78)66-50(38(10)11)61(83)70(21)45(29-26-2)55(77)63-41(15)54(76)64-42(16)58(80)71(22)46(31-35(4)5)43(17)68(19)48(33-37(8)9)60(82)72(23)51(39(12)13)62(84)73(52)24/h25-26,28,35-48,50-53,75H,2,27,29-34H2,1,3-24H3,(H,63,77)(H,64,76)(H,65,79)(H,66,78)/b28-25+/t40-,41+,42-,43?,44+,45+,46+,47+,48+,50+,51+,52+,53-/m1/s1. The van der Waals surface area contributed by atoms with Crippen molar-refractivity contribution in [3.63, 3.8) is 0 Å². The largest absolute Gasteiger partial charge is 0.390 e. The molecule has 5 N–H and O–H groups in total. The Bertz CT molecular complexity index is 2270. The average Bonchev–Trinajstić information content (AvgIpc) is 3.63. The zero-order valence-electron chi connectivity index (χ0n) is 55.4. The van der Waals surface area contributed by atoms with Crippen LogP contribution < -0.4 is 21.3 Å². The van der Waals surface area contributed by atoms with Gasteiger partial charge in [-0.3, -0.25) is 52.8 Å². The van der Waals surface area contributed by atoms with Gasteiger partial charge in [-0.1, -0.05) is 101 Å². The lowest BCUT2D eigenvalue weighted by Crippen LogP contribution is -2.63. The number of aliphatic hydroxyl groups is 1. The monoisotopic (exact) mass is 1190 g/mol. The number of carbonyl (C=O) groups excluding carboxylic acids is 10. The summed E-state index contributed by atoms with van der Waals surface area (Å²) in [5.41, 5.74) is 0. The van der Waals surface area contributed by atoms with E-state index < -0.39 is 156 Å². The van der Waals surface area contributed by atoms with Crippen LogP contribution in [0.1, 0.15) is 149 Å². The van der Waals surface area contributed by atoms with Gasteiger partial charge in [0.15, 0.2) is 0 Å².